The number of aromatic nitrogens is 3. The Hall–Kier alpha value is -2.02. The summed E-state index contributed by atoms with van der Waals surface area (Å²) in [6, 6.07) is 10.9. The molecule has 1 saturated carbocycles. The van der Waals surface area contributed by atoms with Gasteiger partial charge in [-0.05, 0) is 37.0 Å². The van der Waals surface area contributed by atoms with Crippen molar-refractivity contribution in [3.05, 3.63) is 41.7 Å². The van der Waals surface area contributed by atoms with Gasteiger partial charge in [-0.2, -0.15) is 0 Å². The van der Waals surface area contributed by atoms with Crippen molar-refractivity contribution < 1.29 is 0 Å². The van der Waals surface area contributed by atoms with E-state index in [1.54, 1.807) is 11.8 Å². The molecule has 30 heavy (non-hydrogen) atoms. The monoisotopic (exact) mass is 428 g/mol. The van der Waals surface area contributed by atoms with Gasteiger partial charge in [0.2, 0.25) is 0 Å². The molecule has 0 saturated heterocycles. The van der Waals surface area contributed by atoms with Crippen LogP contribution in [0.5, 0.6) is 0 Å². The molecule has 1 fully saturated rings. The molecule has 1 heterocycles. The van der Waals surface area contributed by atoms with Crippen molar-refractivity contribution >= 4 is 17.7 Å². The summed E-state index contributed by atoms with van der Waals surface area (Å²) in [4.78, 5) is 4.42. The lowest BCUT2D eigenvalue weighted by Gasteiger charge is -2.43. The summed E-state index contributed by atoms with van der Waals surface area (Å²) < 4.78 is 2.27. The van der Waals surface area contributed by atoms with Crippen LogP contribution < -0.4 is 10.6 Å². The smallest absolute Gasteiger partial charge is 0.191 e. The zero-order valence-electron chi connectivity index (χ0n) is 18.8. The maximum atomic E-state index is 4.42. The number of thioether (sulfide) groups is 1. The molecule has 0 amide bonds. The average Bonchev–Trinajstić information content (AvgIpc) is 3.10. The highest BCUT2D eigenvalue weighted by Gasteiger charge is 2.38. The Morgan fingerprint density at radius 3 is 2.57 bits per heavy atom. The van der Waals surface area contributed by atoms with Gasteiger partial charge in [-0.25, -0.2) is 0 Å². The molecule has 6 nitrogen and oxygen atoms in total. The Morgan fingerprint density at radius 2 is 1.97 bits per heavy atom. The molecule has 3 rings (SSSR count). The number of benzene rings is 1. The molecule has 0 bridgehead atoms. The van der Waals surface area contributed by atoms with Gasteiger partial charge in [0.1, 0.15) is 5.82 Å². The third-order valence-corrected chi connectivity index (χ3v) is 6.58. The molecule has 1 aromatic heterocycles. The van der Waals surface area contributed by atoms with E-state index in [4.69, 9.17) is 0 Å². The van der Waals surface area contributed by atoms with Crippen molar-refractivity contribution in [3.63, 3.8) is 0 Å². The van der Waals surface area contributed by atoms with Gasteiger partial charge in [-0.3, -0.25) is 4.99 Å². The molecule has 0 spiro atoms. The topological polar surface area (TPSA) is 67.1 Å². The van der Waals surface area contributed by atoms with Crippen LogP contribution in [-0.4, -0.2) is 47.1 Å². The zero-order valence-corrected chi connectivity index (χ0v) is 19.6. The van der Waals surface area contributed by atoms with E-state index in [0.717, 1.165) is 49.4 Å². The van der Waals surface area contributed by atoms with Gasteiger partial charge in [0.25, 0.3) is 0 Å². The molecule has 0 atom stereocenters. The largest absolute Gasteiger partial charge is 0.356 e. The molecular weight excluding hydrogens is 392 g/mol. The van der Waals surface area contributed by atoms with Crippen LogP contribution in [0.3, 0.4) is 0 Å². The van der Waals surface area contributed by atoms with Gasteiger partial charge >= 0.3 is 0 Å². The summed E-state index contributed by atoms with van der Waals surface area (Å²) in [7, 11) is 1.84. The quantitative estimate of drug-likeness (QED) is 0.260. The van der Waals surface area contributed by atoms with Gasteiger partial charge in [-0.1, -0.05) is 62.4 Å². The van der Waals surface area contributed by atoms with Gasteiger partial charge in [0, 0.05) is 38.5 Å². The standard InChI is InChI=1S/C23H36N6S/c1-18(2)16-29-20(27-28-22(29)30-4)12-8-15-25-21(24-3)26-17-23(13-9-14-23)19-10-6-5-7-11-19/h5-7,10-11,18H,8-9,12-17H2,1-4H3,(H2,24,25,26). The predicted molar refractivity (Wildman–Crippen MR) is 126 cm³/mol. The molecule has 1 aromatic carbocycles. The number of nitrogens with zero attached hydrogens (tertiary/aromatic N) is 4. The van der Waals surface area contributed by atoms with Crippen LogP contribution in [0, 0.1) is 5.92 Å². The number of guanidine groups is 1. The number of nitrogens with one attached hydrogen (secondary N) is 2. The SMILES string of the molecule is CN=C(NCCCc1nnc(SC)n1CC(C)C)NCC1(c2ccccc2)CCC1. The summed E-state index contributed by atoms with van der Waals surface area (Å²) >= 11 is 1.67. The van der Waals surface area contributed by atoms with Crippen molar-refractivity contribution in [2.24, 2.45) is 10.9 Å². The molecule has 7 heteroatoms. The van der Waals surface area contributed by atoms with E-state index in [9.17, 15) is 0 Å². The van der Waals surface area contributed by atoms with Crippen LogP contribution in [0.15, 0.2) is 40.5 Å². The van der Waals surface area contributed by atoms with E-state index in [1.165, 1.54) is 24.8 Å². The Bertz CT molecular complexity index is 810. The first-order valence-corrected chi connectivity index (χ1v) is 12.3. The summed E-state index contributed by atoms with van der Waals surface area (Å²) in [6.45, 7) is 7.22. The second-order valence-corrected chi connectivity index (χ2v) is 9.34. The summed E-state index contributed by atoms with van der Waals surface area (Å²) in [5, 5.41) is 16.8. The van der Waals surface area contributed by atoms with Crippen LogP contribution in [0.2, 0.25) is 0 Å². The summed E-state index contributed by atoms with van der Waals surface area (Å²) in [6.07, 6.45) is 7.76. The van der Waals surface area contributed by atoms with Gasteiger partial charge < -0.3 is 15.2 Å². The number of rotatable bonds is 10. The first-order chi connectivity index (χ1) is 14.6. The van der Waals surface area contributed by atoms with Crippen molar-refractivity contribution in [1.29, 1.82) is 0 Å². The van der Waals surface area contributed by atoms with Crippen LogP contribution in [0.25, 0.3) is 0 Å². The fraction of sp³-hybridized carbons (Fsp3) is 0.609. The minimum Gasteiger partial charge on any atom is -0.356 e. The Morgan fingerprint density at radius 1 is 1.20 bits per heavy atom. The maximum Gasteiger partial charge on any atom is 0.191 e. The van der Waals surface area contributed by atoms with Crippen LogP contribution in [0.1, 0.15) is 50.9 Å². The molecular formula is C23H36N6S. The van der Waals surface area contributed by atoms with Crippen LogP contribution >= 0.6 is 11.8 Å². The average molecular weight is 429 g/mol. The van der Waals surface area contributed by atoms with Gasteiger partial charge in [0.05, 0.1) is 0 Å². The first kappa shape index (κ1) is 22.7. The molecule has 0 unspecified atom stereocenters. The molecule has 2 N–H and O–H groups in total. The lowest BCUT2D eigenvalue weighted by atomic mass is 9.64. The zero-order chi connectivity index (χ0) is 21.4. The van der Waals surface area contributed by atoms with E-state index in [2.05, 4.69) is 80.8 Å². The molecule has 0 aliphatic heterocycles. The Labute approximate surface area is 185 Å². The fourth-order valence-electron chi connectivity index (χ4n) is 4.09. The number of hydrogen-bond acceptors (Lipinski definition) is 4. The number of aryl methyl sites for hydroxylation is 1. The summed E-state index contributed by atoms with van der Waals surface area (Å²) in [5.41, 5.74) is 1.69. The molecule has 0 radical (unpaired) electrons. The highest BCUT2D eigenvalue weighted by Crippen LogP contribution is 2.43. The highest BCUT2D eigenvalue weighted by atomic mass is 32.2. The maximum absolute atomic E-state index is 4.42. The Kier molecular flexibility index (Phi) is 8.19. The first-order valence-electron chi connectivity index (χ1n) is 11.0. The van der Waals surface area contributed by atoms with Crippen molar-refractivity contribution in [1.82, 2.24) is 25.4 Å². The van der Waals surface area contributed by atoms with Crippen molar-refractivity contribution in [2.75, 3.05) is 26.4 Å². The van der Waals surface area contributed by atoms with E-state index in [1.807, 2.05) is 7.05 Å². The lowest BCUT2D eigenvalue weighted by molar-refractivity contribution is 0.244. The van der Waals surface area contributed by atoms with Crippen LogP contribution in [-0.2, 0) is 18.4 Å². The van der Waals surface area contributed by atoms with Crippen LogP contribution in [0.4, 0.5) is 0 Å². The lowest BCUT2D eigenvalue weighted by Crippen LogP contribution is -2.49. The minimum atomic E-state index is 0.250. The number of aliphatic imine (C=N–C) groups is 1. The van der Waals surface area contributed by atoms with Gasteiger partial charge in [0.15, 0.2) is 11.1 Å². The van der Waals surface area contributed by atoms with E-state index < -0.39 is 0 Å². The highest BCUT2D eigenvalue weighted by molar-refractivity contribution is 7.98. The molecule has 1 aliphatic rings. The van der Waals surface area contributed by atoms with E-state index in [0.29, 0.717) is 5.92 Å². The van der Waals surface area contributed by atoms with E-state index in [-0.39, 0.29) is 5.41 Å². The number of hydrogen-bond donors (Lipinski definition) is 2. The Balaban J connectivity index is 1.47. The molecule has 164 valence electrons. The molecule has 2 aromatic rings. The second-order valence-electron chi connectivity index (χ2n) is 8.56. The molecule has 1 aliphatic carbocycles. The normalized spacial score (nSPS) is 15.8. The minimum absolute atomic E-state index is 0.250. The van der Waals surface area contributed by atoms with Crippen molar-refractivity contribution in [3.8, 4) is 0 Å². The third kappa shape index (κ3) is 5.56. The summed E-state index contributed by atoms with van der Waals surface area (Å²) in [5.74, 6) is 2.54. The second kappa shape index (κ2) is 10.8. The predicted octanol–water partition coefficient (Wildman–Crippen LogP) is 3.88. The fourth-order valence-corrected chi connectivity index (χ4v) is 4.62. The van der Waals surface area contributed by atoms with Gasteiger partial charge in [-0.15, -0.1) is 10.2 Å². The third-order valence-electron chi connectivity index (χ3n) is 5.91. The van der Waals surface area contributed by atoms with E-state index >= 15 is 0 Å². The van der Waals surface area contributed by atoms with Crippen molar-refractivity contribution in [2.45, 2.75) is 63.1 Å².